The monoisotopic (exact) mass is 434 g/mol. The van der Waals surface area contributed by atoms with Crippen molar-refractivity contribution < 1.29 is 19.7 Å². The van der Waals surface area contributed by atoms with Gasteiger partial charge in [-0.2, -0.15) is 0 Å². The first-order chi connectivity index (χ1) is 14.5. The van der Waals surface area contributed by atoms with E-state index in [2.05, 4.69) is 10.2 Å². The van der Waals surface area contributed by atoms with Gasteiger partial charge in [-0.1, -0.05) is 29.8 Å². The third kappa shape index (κ3) is 7.15. The lowest BCUT2D eigenvalue weighted by atomic mass is 10.1. The minimum absolute atomic E-state index is 0.196. The molecule has 1 aliphatic heterocycles. The predicted molar refractivity (Wildman–Crippen MR) is 118 cm³/mol. The van der Waals surface area contributed by atoms with Crippen LogP contribution >= 0.6 is 11.6 Å². The highest BCUT2D eigenvalue weighted by atomic mass is 35.5. The number of piperidine rings is 1. The van der Waals surface area contributed by atoms with Gasteiger partial charge < -0.3 is 29.9 Å². The minimum Gasteiger partial charge on any atom is -0.493 e. The number of hydrogen-bond donors (Lipinski definition) is 3. The average Bonchev–Trinajstić information content (AvgIpc) is 2.74. The maximum Gasteiger partial charge on any atom is 0.161 e. The van der Waals surface area contributed by atoms with Gasteiger partial charge in [0.05, 0.1) is 13.2 Å². The van der Waals surface area contributed by atoms with Crippen LogP contribution in [0.15, 0.2) is 42.5 Å². The van der Waals surface area contributed by atoms with Crippen molar-refractivity contribution in [2.75, 3.05) is 33.4 Å². The highest BCUT2D eigenvalue weighted by Crippen LogP contribution is 2.28. The standard InChI is InChI=1S/C23H31ClN2O4/c1-29-23-12-18(14-25-13-17-3-2-4-19(24)11-17)5-6-22(23)30-16-21(28)15-26-9-7-20(27)8-10-26/h2-6,11-12,20-21,25,27-28H,7-10,13-16H2,1H3. The number of ether oxygens (including phenoxy) is 2. The number of rotatable bonds is 10. The second kappa shape index (κ2) is 11.5. The number of nitrogens with zero attached hydrogens (tertiary/aromatic N) is 1. The summed E-state index contributed by atoms with van der Waals surface area (Å²) in [6.07, 6.45) is 0.712. The molecule has 6 nitrogen and oxygen atoms in total. The fourth-order valence-electron chi connectivity index (χ4n) is 3.58. The molecule has 2 aromatic carbocycles. The lowest BCUT2D eigenvalue weighted by Gasteiger charge is -2.30. The van der Waals surface area contributed by atoms with Crippen molar-refractivity contribution in [2.24, 2.45) is 0 Å². The zero-order valence-corrected chi connectivity index (χ0v) is 18.1. The van der Waals surface area contributed by atoms with Crippen molar-refractivity contribution in [1.82, 2.24) is 10.2 Å². The van der Waals surface area contributed by atoms with Crippen molar-refractivity contribution in [3.05, 3.63) is 58.6 Å². The molecule has 1 aliphatic rings. The summed E-state index contributed by atoms with van der Waals surface area (Å²) in [6, 6.07) is 13.6. The maximum absolute atomic E-state index is 10.3. The molecule has 0 aliphatic carbocycles. The Morgan fingerprint density at radius 2 is 1.83 bits per heavy atom. The molecule has 3 rings (SSSR count). The van der Waals surface area contributed by atoms with E-state index < -0.39 is 6.10 Å². The van der Waals surface area contributed by atoms with E-state index in [-0.39, 0.29) is 12.7 Å². The van der Waals surface area contributed by atoms with E-state index >= 15 is 0 Å². The Kier molecular flexibility index (Phi) is 8.78. The van der Waals surface area contributed by atoms with Gasteiger partial charge in [-0.05, 0) is 48.2 Å². The van der Waals surface area contributed by atoms with Gasteiger partial charge >= 0.3 is 0 Å². The van der Waals surface area contributed by atoms with Crippen LogP contribution < -0.4 is 14.8 Å². The van der Waals surface area contributed by atoms with E-state index in [0.717, 1.165) is 48.6 Å². The quantitative estimate of drug-likeness (QED) is 0.534. The van der Waals surface area contributed by atoms with E-state index in [1.165, 1.54) is 0 Å². The molecule has 1 fully saturated rings. The first-order valence-electron chi connectivity index (χ1n) is 10.4. The third-order valence-corrected chi connectivity index (χ3v) is 5.47. The summed E-state index contributed by atoms with van der Waals surface area (Å²) >= 11 is 6.02. The van der Waals surface area contributed by atoms with E-state index in [1.807, 2.05) is 42.5 Å². The largest absolute Gasteiger partial charge is 0.493 e. The van der Waals surface area contributed by atoms with Crippen molar-refractivity contribution in [2.45, 2.75) is 38.1 Å². The van der Waals surface area contributed by atoms with Crippen LogP contribution in [0.2, 0.25) is 5.02 Å². The highest BCUT2D eigenvalue weighted by Gasteiger charge is 2.20. The van der Waals surface area contributed by atoms with Gasteiger partial charge in [-0.3, -0.25) is 0 Å². The normalized spacial score (nSPS) is 16.4. The summed E-state index contributed by atoms with van der Waals surface area (Å²) in [5, 5.41) is 24.0. The molecule has 2 aromatic rings. The summed E-state index contributed by atoms with van der Waals surface area (Å²) in [6.45, 7) is 3.76. The van der Waals surface area contributed by atoms with Crippen LogP contribution in [-0.2, 0) is 13.1 Å². The van der Waals surface area contributed by atoms with Gasteiger partial charge in [0.25, 0.3) is 0 Å². The molecule has 164 valence electrons. The summed E-state index contributed by atoms with van der Waals surface area (Å²) in [7, 11) is 1.61. The van der Waals surface area contributed by atoms with E-state index in [1.54, 1.807) is 7.11 Å². The molecule has 3 N–H and O–H groups in total. The van der Waals surface area contributed by atoms with Crippen molar-refractivity contribution in [3.8, 4) is 11.5 Å². The molecule has 0 amide bonds. The number of aliphatic hydroxyl groups is 2. The third-order valence-electron chi connectivity index (χ3n) is 5.23. The molecule has 0 aromatic heterocycles. The maximum atomic E-state index is 10.3. The Labute approximate surface area is 183 Å². The molecular formula is C23H31ClN2O4. The number of likely N-dealkylation sites (tertiary alicyclic amines) is 1. The Morgan fingerprint density at radius 3 is 2.53 bits per heavy atom. The van der Waals surface area contributed by atoms with Crippen molar-refractivity contribution >= 4 is 11.6 Å². The molecule has 0 spiro atoms. The van der Waals surface area contributed by atoms with E-state index in [0.29, 0.717) is 24.6 Å². The van der Waals surface area contributed by atoms with Crippen molar-refractivity contribution in [1.29, 1.82) is 0 Å². The summed E-state index contributed by atoms with van der Waals surface area (Å²) < 4.78 is 11.3. The summed E-state index contributed by atoms with van der Waals surface area (Å²) in [4.78, 5) is 2.16. The predicted octanol–water partition coefficient (Wildman–Crippen LogP) is 2.83. The number of halogens is 1. The van der Waals surface area contributed by atoms with Gasteiger partial charge in [0, 0.05) is 37.7 Å². The lowest BCUT2D eigenvalue weighted by molar-refractivity contribution is 0.0333. The number of methoxy groups -OCH3 is 1. The number of nitrogens with one attached hydrogen (secondary N) is 1. The highest BCUT2D eigenvalue weighted by molar-refractivity contribution is 6.30. The molecule has 7 heteroatoms. The number of benzene rings is 2. The number of β-amino-alcohol motifs (C(OH)–C–C–N with tert-alkyl or cyclic N) is 1. The molecule has 0 saturated carbocycles. The molecule has 30 heavy (non-hydrogen) atoms. The van der Waals surface area contributed by atoms with Crippen LogP contribution in [-0.4, -0.2) is 60.7 Å². The van der Waals surface area contributed by atoms with Gasteiger partial charge in [-0.15, -0.1) is 0 Å². The SMILES string of the molecule is COc1cc(CNCc2cccc(Cl)c2)ccc1OCC(O)CN1CCC(O)CC1. The smallest absolute Gasteiger partial charge is 0.161 e. The first-order valence-corrected chi connectivity index (χ1v) is 10.7. The summed E-state index contributed by atoms with van der Waals surface area (Å²) in [5.74, 6) is 1.26. The zero-order valence-electron chi connectivity index (χ0n) is 17.4. The molecule has 0 radical (unpaired) electrons. The Bertz CT molecular complexity index is 797. The van der Waals surface area contributed by atoms with Gasteiger partial charge in [-0.25, -0.2) is 0 Å². The summed E-state index contributed by atoms with van der Waals surface area (Å²) in [5.41, 5.74) is 2.21. The fourth-order valence-corrected chi connectivity index (χ4v) is 3.79. The van der Waals surface area contributed by atoms with Crippen LogP contribution in [0.3, 0.4) is 0 Å². The van der Waals surface area contributed by atoms with Crippen LogP contribution in [0.4, 0.5) is 0 Å². The minimum atomic E-state index is -0.594. The first kappa shape index (κ1) is 22.8. The Hall–Kier alpha value is -1.83. The molecule has 1 atom stereocenters. The van der Waals surface area contributed by atoms with Gasteiger partial charge in [0.1, 0.15) is 12.7 Å². The average molecular weight is 435 g/mol. The van der Waals surface area contributed by atoms with Gasteiger partial charge in [0.2, 0.25) is 0 Å². The van der Waals surface area contributed by atoms with Crippen molar-refractivity contribution in [3.63, 3.8) is 0 Å². The molecule has 1 saturated heterocycles. The number of aliphatic hydroxyl groups excluding tert-OH is 2. The fraction of sp³-hybridized carbons (Fsp3) is 0.478. The number of hydrogen-bond acceptors (Lipinski definition) is 6. The topological polar surface area (TPSA) is 74.2 Å². The van der Waals surface area contributed by atoms with Crippen LogP contribution in [0.1, 0.15) is 24.0 Å². The molecule has 1 unspecified atom stereocenters. The Balaban J connectivity index is 1.46. The van der Waals surface area contributed by atoms with Crippen LogP contribution in [0.5, 0.6) is 11.5 Å². The lowest BCUT2D eigenvalue weighted by Crippen LogP contribution is -2.41. The van der Waals surface area contributed by atoms with Crippen LogP contribution in [0, 0.1) is 0 Å². The molecule has 0 bridgehead atoms. The van der Waals surface area contributed by atoms with Crippen LogP contribution in [0.25, 0.3) is 0 Å². The zero-order chi connectivity index (χ0) is 21.3. The van der Waals surface area contributed by atoms with E-state index in [4.69, 9.17) is 21.1 Å². The Morgan fingerprint density at radius 1 is 1.10 bits per heavy atom. The second-order valence-electron chi connectivity index (χ2n) is 7.72. The molecular weight excluding hydrogens is 404 g/mol. The van der Waals surface area contributed by atoms with E-state index in [9.17, 15) is 10.2 Å². The van der Waals surface area contributed by atoms with Gasteiger partial charge in [0.15, 0.2) is 11.5 Å². The molecule has 1 heterocycles. The second-order valence-corrected chi connectivity index (χ2v) is 8.15.